The van der Waals surface area contributed by atoms with E-state index in [-0.39, 0.29) is 22.7 Å². The van der Waals surface area contributed by atoms with Crippen molar-refractivity contribution in [3.63, 3.8) is 0 Å². The predicted molar refractivity (Wildman–Crippen MR) is 69.5 cm³/mol. The molecule has 2 atom stereocenters. The summed E-state index contributed by atoms with van der Waals surface area (Å²) in [6.07, 6.45) is 4.14. The Morgan fingerprint density at radius 3 is 3.11 bits per heavy atom. The molecule has 1 fully saturated rings. The summed E-state index contributed by atoms with van der Waals surface area (Å²) in [5, 5.41) is 12.3. The highest BCUT2D eigenvalue weighted by Crippen LogP contribution is 2.23. The molecule has 0 radical (unpaired) electrons. The molecular formula is C13H16ClFN2O2. The van der Waals surface area contributed by atoms with Gasteiger partial charge in [-0.05, 0) is 31.2 Å². The minimum absolute atomic E-state index is 0.0115. The number of carbonyl (C=O) groups excluding carboxylic acids is 1. The molecule has 1 aromatic rings. The summed E-state index contributed by atoms with van der Waals surface area (Å²) in [6.45, 7) is 0.461. The zero-order valence-electron chi connectivity index (χ0n) is 10.4. The van der Waals surface area contributed by atoms with Gasteiger partial charge in [-0.1, -0.05) is 18.0 Å². The van der Waals surface area contributed by atoms with Crippen LogP contribution >= 0.6 is 11.6 Å². The van der Waals surface area contributed by atoms with Gasteiger partial charge in [0.2, 0.25) is 0 Å². The first-order valence-corrected chi connectivity index (χ1v) is 6.71. The molecule has 0 aliphatic heterocycles. The van der Waals surface area contributed by atoms with Crippen LogP contribution in [0, 0.1) is 11.7 Å². The summed E-state index contributed by atoms with van der Waals surface area (Å²) in [5.41, 5.74) is 0.0398. The van der Waals surface area contributed by atoms with Crippen LogP contribution in [-0.2, 0) is 0 Å². The van der Waals surface area contributed by atoms with Crippen molar-refractivity contribution >= 4 is 17.5 Å². The predicted octanol–water partition coefficient (Wildman–Crippen LogP) is 2.16. The maximum absolute atomic E-state index is 13.0. The number of hydrogen-bond acceptors (Lipinski definition) is 3. The van der Waals surface area contributed by atoms with Gasteiger partial charge in [0.15, 0.2) is 0 Å². The zero-order chi connectivity index (χ0) is 13.8. The molecular weight excluding hydrogens is 271 g/mol. The van der Waals surface area contributed by atoms with Crippen LogP contribution in [0.5, 0.6) is 0 Å². The van der Waals surface area contributed by atoms with Crippen molar-refractivity contribution in [2.45, 2.75) is 31.8 Å². The van der Waals surface area contributed by atoms with Crippen molar-refractivity contribution in [2.24, 2.45) is 5.92 Å². The lowest BCUT2D eigenvalue weighted by atomic mass is 9.87. The molecule has 6 heteroatoms. The number of hydrogen-bond donors (Lipinski definition) is 2. The fraction of sp³-hybridized carbons (Fsp3) is 0.538. The van der Waals surface area contributed by atoms with Crippen LogP contribution in [0.4, 0.5) is 4.39 Å². The van der Waals surface area contributed by atoms with Gasteiger partial charge in [0.1, 0.15) is 11.0 Å². The number of rotatable bonds is 3. The van der Waals surface area contributed by atoms with Gasteiger partial charge in [-0.25, -0.2) is 9.37 Å². The summed E-state index contributed by atoms with van der Waals surface area (Å²) in [6, 6.07) is 1.07. The van der Waals surface area contributed by atoms with E-state index in [0.29, 0.717) is 13.0 Å². The van der Waals surface area contributed by atoms with Crippen LogP contribution in [0.25, 0.3) is 0 Å². The van der Waals surface area contributed by atoms with Crippen LogP contribution in [0.1, 0.15) is 36.0 Å². The van der Waals surface area contributed by atoms with Crippen LogP contribution < -0.4 is 5.32 Å². The maximum Gasteiger partial charge on any atom is 0.254 e. The van der Waals surface area contributed by atoms with E-state index < -0.39 is 11.7 Å². The van der Waals surface area contributed by atoms with Crippen molar-refractivity contribution in [1.82, 2.24) is 10.3 Å². The lowest BCUT2D eigenvalue weighted by Gasteiger charge is -2.25. The molecule has 2 rings (SSSR count). The van der Waals surface area contributed by atoms with Crippen molar-refractivity contribution in [3.8, 4) is 0 Å². The number of halogens is 2. The van der Waals surface area contributed by atoms with E-state index in [1.807, 2.05) is 0 Å². The molecule has 2 N–H and O–H groups in total. The van der Waals surface area contributed by atoms with E-state index in [1.165, 1.54) is 0 Å². The fourth-order valence-electron chi connectivity index (χ4n) is 2.36. The van der Waals surface area contributed by atoms with E-state index in [2.05, 4.69) is 10.3 Å². The molecule has 1 aromatic heterocycles. The van der Waals surface area contributed by atoms with Gasteiger partial charge >= 0.3 is 0 Å². The molecule has 1 aliphatic rings. The summed E-state index contributed by atoms with van der Waals surface area (Å²) >= 11 is 5.76. The van der Waals surface area contributed by atoms with Crippen LogP contribution in [-0.4, -0.2) is 28.6 Å². The average molecular weight is 287 g/mol. The van der Waals surface area contributed by atoms with Crippen LogP contribution in [0.15, 0.2) is 12.3 Å². The molecule has 104 valence electrons. The first kappa shape index (κ1) is 14.2. The van der Waals surface area contributed by atoms with E-state index in [9.17, 15) is 14.3 Å². The third-order valence-corrected chi connectivity index (χ3v) is 3.66. The van der Waals surface area contributed by atoms with Gasteiger partial charge in [-0.2, -0.15) is 0 Å². The van der Waals surface area contributed by atoms with Gasteiger partial charge in [0, 0.05) is 6.54 Å². The molecule has 0 bridgehead atoms. The molecule has 1 heterocycles. The molecule has 0 spiro atoms. The Bertz CT molecular complexity index is 470. The van der Waals surface area contributed by atoms with E-state index >= 15 is 0 Å². The number of aliphatic hydroxyl groups is 1. The zero-order valence-corrected chi connectivity index (χ0v) is 11.2. The smallest absolute Gasteiger partial charge is 0.254 e. The summed E-state index contributed by atoms with van der Waals surface area (Å²) in [7, 11) is 0. The average Bonchev–Trinajstić information content (AvgIpc) is 2.39. The normalized spacial score (nSPS) is 23.1. The van der Waals surface area contributed by atoms with E-state index in [1.54, 1.807) is 0 Å². The number of aliphatic hydroxyl groups excluding tert-OH is 1. The SMILES string of the molecule is O=C(NCC1CCCC(O)C1)c1cc(F)cnc1Cl. The number of carbonyl (C=O) groups is 1. The number of nitrogens with zero attached hydrogens (tertiary/aromatic N) is 1. The second-order valence-electron chi connectivity index (χ2n) is 4.89. The van der Waals surface area contributed by atoms with Crippen LogP contribution in [0.2, 0.25) is 5.15 Å². The third-order valence-electron chi connectivity index (χ3n) is 3.36. The van der Waals surface area contributed by atoms with Crippen molar-refractivity contribution in [2.75, 3.05) is 6.54 Å². The van der Waals surface area contributed by atoms with Crippen molar-refractivity contribution < 1.29 is 14.3 Å². The maximum atomic E-state index is 13.0. The molecule has 4 nitrogen and oxygen atoms in total. The highest BCUT2D eigenvalue weighted by atomic mass is 35.5. The summed E-state index contributed by atoms with van der Waals surface area (Å²) in [5.74, 6) is -0.771. The van der Waals surface area contributed by atoms with Crippen LogP contribution in [0.3, 0.4) is 0 Å². The Morgan fingerprint density at radius 2 is 2.37 bits per heavy atom. The van der Waals surface area contributed by atoms with E-state index in [0.717, 1.165) is 31.5 Å². The third kappa shape index (κ3) is 3.88. The minimum atomic E-state index is -0.595. The number of amides is 1. The number of pyridine rings is 1. The Labute approximate surface area is 116 Å². The Hall–Kier alpha value is -1.20. The van der Waals surface area contributed by atoms with Gasteiger partial charge in [0.05, 0.1) is 17.9 Å². The molecule has 0 saturated heterocycles. The number of nitrogens with one attached hydrogen (secondary N) is 1. The van der Waals surface area contributed by atoms with E-state index in [4.69, 9.17) is 11.6 Å². The molecule has 1 aliphatic carbocycles. The molecule has 1 amide bonds. The van der Waals surface area contributed by atoms with Gasteiger partial charge in [-0.3, -0.25) is 4.79 Å². The van der Waals surface area contributed by atoms with Crippen molar-refractivity contribution in [1.29, 1.82) is 0 Å². The quantitative estimate of drug-likeness (QED) is 0.837. The fourth-order valence-corrected chi connectivity index (χ4v) is 2.55. The monoisotopic (exact) mass is 286 g/mol. The highest BCUT2D eigenvalue weighted by Gasteiger charge is 2.21. The topological polar surface area (TPSA) is 62.2 Å². The first-order chi connectivity index (χ1) is 9.06. The largest absolute Gasteiger partial charge is 0.393 e. The second kappa shape index (κ2) is 6.30. The molecule has 1 saturated carbocycles. The Morgan fingerprint density at radius 1 is 1.58 bits per heavy atom. The molecule has 0 aromatic carbocycles. The van der Waals surface area contributed by atoms with Gasteiger partial charge < -0.3 is 10.4 Å². The summed E-state index contributed by atoms with van der Waals surface area (Å²) in [4.78, 5) is 15.5. The van der Waals surface area contributed by atoms with Crippen molar-refractivity contribution in [3.05, 3.63) is 28.8 Å². The lowest BCUT2D eigenvalue weighted by molar-refractivity contribution is 0.0873. The highest BCUT2D eigenvalue weighted by molar-refractivity contribution is 6.32. The standard InChI is InChI=1S/C13H16ClFN2O2/c14-12-11(5-9(15)7-16-12)13(19)17-6-8-2-1-3-10(18)4-8/h5,7-8,10,18H,1-4,6H2,(H,17,19). The Kier molecular flexibility index (Phi) is 4.71. The molecule has 19 heavy (non-hydrogen) atoms. The Balaban J connectivity index is 1.92. The minimum Gasteiger partial charge on any atom is -0.393 e. The molecule has 2 unspecified atom stereocenters. The second-order valence-corrected chi connectivity index (χ2v) is 5.25. The lowest BCUT2D eigenvalue weighted by Crippen LogP contribution is -2.33. The first-order valence-electron chi connectivity index (χ1n) is 6.33. The van der Waals surface area contributed by atoms with Gasteiger partial charge in [-0.15, -0.1) is 0 Å². The van der Waals surface area contributed by atoms with Gasteiger partial charge in [0.25, 0.3) is 5.91 Å². The number of aromatic nitrogens is 1. The summed E-state index contributed by atoms with van der Waals surface area (Å²) < 4.78 is 13.0.